The summed E-state index contributed by atoms with van der Waals surface area (Å²) in [6.45, 7) is 5.10. The zero-order valence-corrected chi connectivity index (χ0v) is 13.6. The average Bonchev–Trinajstić information content (AvgIpc) is 2.34. The molecule has 0 aliphatic heterocycles. The van der Waals surface area contributed by atoms with Crippen LogP contribution in [-0.4, -0.2) is 22.7 Å². The number of ether oxygens (including phenoxy) is 1. The fourth-order valence-electron chi connectivity index (χ4n) is 1.33. The summed E-state index contributed by atoms with van der Waals surface area (Å²) in [6.07, 6.45) is 0. The van der Waals surface area contributed by atoms with Gasteiger partial charge in [-0.25, -0.2) is 0 Å². The number of halogens is 6. The highest BCUT2D eigenvalue weighted by molar-refractivity contribution is 7.96. The van der Waals surface area contributed by atoms with Crippen LogP contribution in [0.1, 0.15) is 27.7 Å². The Bertz CT molecular complexity index is 520. The van der Waals surface area contributed by atoms with Gasteiger partial charge in [0.15, 0.2) is 0 Å². The summed E-state index contributed by atoms with van der Waals surface area (Å²) in [5, 5.41) is -5.11. The number of benzene rings is 1. The number of rotatable bonds is 6. The smallest absolute Gasteiger partial charge is 0.396 e. The van der Waals surface area contributed by atoms with Crippen molar-refractivity contribution in [3.05, 3.63) is 24.3 Å². The molecule has 0 N–H and O–H groups in total. The first-order valence-corrected chi connectivity index (χ1v) is 7.18. The highest BCUT2D eigenvalue weighted by atomic mass is 32.2. The molecule has 0 spiro atoms. The van der Waals surface area contributed by atoms with Crippen LogP contribution < -0.4 is 8.92 Å². The SMILES string of the molecule is CC(C)(C)Oc1ccc(OSC(F)(F)C(F)(F)C(C)(F)F)cc1. The third-order valence-corrected chi connectivity index (χ3v) is 3.15. The van der Waals surface area contributed by atoms with Gasteiger partial charge in [-0.2, -0.15) is 26.3 Å². The van der Waals surface area contributed by atoms with E-state index in [2.05, 4.69) is 4.18 Å². The molecule has 9 heteroatoms. The molecular formula is C14H16F6O2S. The van der Waals surface area contributed by atoms with Gasteiger partial charge in [0, 0.05) is 6.92 Å². The Balaban J connectivity index is 2.75. The van der Waals surface area contributed by atoms with Crippen molar-refractivity contribution in [3.8, 4) is 11.5 Å². The Labute approximate surface area is 134 Å². The zero-order valence-electron chi connectivity index (χ0n) is 12.8. The van der Waals surface area contributed by atoms with E-state index in [9.17, 15) is 26.3 Å². The van der Waals surface area contributed by atoms with Crippen LogP contribution in [0.25, 0.3) is 0 Å². The van der Waals surface area contributed by atoms with E-state index in [1.807, 2.05) is 0 Å². The molecule has 1 aromatic rings. The number of hydrogen-bond acceptors (Lipinski definition) is 3. The van der Waals surface area contributed by atoms with Gasteiger partial charge in [-0.1, -0.05) is 0 Å². The molecule has 0 saturated carbocycles. The molecule has 132 valence electrons. The Morgan fingerprint density at radius 3 is 1.61 bits per heavy atom. The fourth-order valence-corrected chi connectivity index (χ4v) is 1.92. The normalized spacial score (nSPS) is 13.8. The van der Waals surface area contributed by atoms with Crippen molar-refractivity contribution in [2.45, 2.75) is 50.4 Å². The van der Waals surface area contributed by atoms with E-state index in [4.69, 9.17) is 4.74 Å². The molecule has 0 aliphatic rings. The molecule has 0 atom stereocenters. The lowest BCUT2D eigenvalue weighted by Crippen LogP contribution is -2.51. The van der Waals surface area contributed by atoms with Gasteiger partial charge in [0.25, 0.3) is 0 Å². The largest absolute Gasteiger partial charge is 0.488 e. The van der Waals surface area contributed by atoms with Crippen molar-refractivity contribution in [1.29, 1.82) is 0 Å². The van der Waals surface area contributed by atoms with Crippen LogP contribution in [0, 0.1) is 0 Å². The minimum Gasteiger partial charge on any atom is -0.488 e. The lowest BCUT2D eigenvalue weighted by molar-refractivity contribution is -0.269. The molecule has 1 aromatic carbocycles. The number of alkyl halides is 6. The average molecular weight is 362 g/mol. The molecule has 0 saturated heterocycles. The standard InChI is InChI=1S/C14H16F6O2S/c1-11(2,3)21-9-5-7-10(8-6-9)22-23-14(19,20)13(17,18)12(4,15)16/h5-8H,1-4H3. The van der Waals surface area contributed by atoms with Gasteiger partial charge in [0.05, 0.1) is 0 Å². The van der Waals surface area contributed by atoms with Crippen molar-refractivity contribution in [3.63, 3.8) is 0 Å². The van der Waals surface area contributed by atoms with E-state index in [1.165, 1.54) is 24.3 Å². The summed E-state index contributed by atoms with van der Waals surface area (Å²) in [4.78, 5) is 0. The van der Waals surface area contributed by atoms with Gasteiger partial charge in [0.2, 0.25) is 0 Å². The summed E-state index contributed by atoms with van der Waals surface area (Å²) >= 11 is -1.02. The van der Waals surface area contributed by atoms with E-state index < -0.39 is 34.7 Å². The Hall–Kier alpha value is -1.25. The monoisotopic (exact) mass is 362 g/mol. The second kappa shape index (κ2) is 6.33. The van der Waals surface area contributed by atoms with Gasteiger partial charge in [-0.05, 0) is 45.0 Å². The lowest BCUT2D eigenvalue weighted by atomic mass is 10.2. The van der Waals surface area contributed by atoms with Crippen molar-refractivity contribution >= 4 is 12.0 Å². The third-order valence-electron chi connectivity index (χ3n) is 2.41. The first-order chi connectivity index (χ1) is 10.2. The number of hydrogen-bond donors (Lipinski definition) is 0. The first-order valence-electron chi connectivity index (χ1n) is 6.44. The second-order valence-corrected chi connectivity index (χ2v) is 6.68. The summed E-state index contributed by atoms with van der Waals surface area (Å²) in [7, 11) is 0. The molecule has 0 bridgehead atoms. The molecular weight excluding hydrogens is 346 g/mol. The van der Waals surface area contributed by atoms with Gasteiger partial charge < -0.3 is 8.92 Å². The van der Waals surface area contributed by atoms with Crippen molar-refractivity contribution < 1.29 is 35.3 Å². The van der Waals surface area contributed by atoms with Gasteiger partial charge in [0.1, 0.15) is 29.1 Å². The summed E-state index contributed by atoms with van der Waals surface area (Å²) in [6, 6.07) is 5.16. The Kier molecular flexibility index (Phi) is 5.45. The third kappa shape index (κ3) is 5.12. The van der Waals surface area contributed by atoms with Gasteiger partial charge in [-0.15, -0.1) is 0 Å². The maximum atomic E-state index is 13.3. The first kappa shape index (κ1) is 19.8. The van der Waals surface area contributed by atoms with Crippen LogP contribution >= 0.6 is 12.0 Å². The lowest BCUT2D eigenvalue weighted by Gasteiger charge is -2.29. The Morgan fingerprint density at radius 2 is 1.22 bits per heavy atom. The van der Waals surface area contributed by atoms with Gasteiger partial charge >= 0.3 is 17.1 Å². The molecule has 0 aromatic heterocycles. The molecule has 0 amide bonds. The topological polar surface area (TPSA) is 18.5 Å². The molecule has 0 heterocycles. The van der Waals surface area contributed by atoms with Crippen LogP contribution in [0.2, 0.25) is 0 Å². The van der Waals surface area contributed by atoms with E-state index in [1.54, 1.807) is 20.8 Å². The Morgan fingerprint density at radius 1 is 0.783 bits per heavy atom. The van der Waals surface area contributed by atoms with Crippen LogP contribution in [0.3, 0.4) is 0 Å². The molecule has 0 unspecified atom stereocenters. The highest BCUT2D eigenvalue weighted by Gasteiger charge is 2.71. The highest BCUT2D eigenvalue weighted by Crippen LogP contribution is 2.51. The van der Waals surface area contributed by atoms with Crippen LogP contribution in [0.15, 0.2) is 24.3 Å². The minimum absolute atomic E-state index is 0.203. The maximum Gasteiger partial charge on any atom is 0.396 e. The summed E-state index contributed by atoms with van der Waals surface area (Å²) < 4.78 is 87.8. The van der Waals surface area contributed by atoms with E-state index in [0.29, 0.717) is 5.75 Å². The molecule has 0 aliphatic carbocycles. The predicted octanol–water partition coefficient (Wildman–Crippen LogP) is 5.77. The molecule has 2 nitrogen and oxygen atoms in total. The summed E-state index contributed by atoms with van der Waals surface area (Å²) in [5.74, 6) is -10.2. The van der Waals surface area contributed by atoms with Crippen LogP contribution in [0.5, 0.6) is 11.5 Å². The van der Waals surface area contributed by atoms with E-state index in [0.717, 1.165) is 0 Å². The van der Waals surface area contributed by atoms with E-state index >= 15 is 0 Å². The molecule has 0 radical (unpaired) electrons. The molecule has 1 rings (SSSR count). The second-order valence-electron chi connectivity index (χ2n) is 5.83. The van der Waals surface area contributed by atoms with E-state index in [-0.39, 0.29) is 12.7 Å². The van der Waals surface area contributed by atoms with Crippen LogP contribution in [0.4, 0.5) is 26.3 Å². The predicted molar refractivity (Wildman–Crippen MR) is 75.6 cm³/mol. The minimum atomic E-state index is -5.56. The maximum absolute atomic E-state index is 13.3. The fraction of sp³-hybridized carbons (Fsp3) is 0.571. The zero-order chi connectivity index (χ0) is 18.1. The quantitative estimate of drug-likeness (QED) is 0.472. The van der Waals surface area contributed by atoms with Crippen molar-refractivity contribution in [2.24, 2.45) is 0 Å². The van der Waals surface area contributed by atoms with Crippen molar-refractivity contribution in [1.82, 2.24) is 0 Å². The van der Waals surface area contributed by atoms with Crippen LogP contribution in [-0.2, 0) is 0 Å². The van der Waals surface area contributed by atoms with Gasteiger partial charge in [-0.3, -0.25) is 0 Å². The molecule has 0 fully saturated rings. The summed E-state index contributed by atoms with van der Waals surface area (Å²) in [5.41, 5.74) is -0.487. The van der Waals surface area contributed by atoms with Crippen molar-refractivity contribution in [2.75, 3.05) is 0 Å². The molecule has 23 heavy (non-hydrogen) atoms.